The van der Waals surface area contributed by atoms with Gasteiger partial charge in [0.15, 0.2) is 0 Å². The first-order valence-corrected chi connectivity index (χ1v) is 8.17. The fourth-order valence-electron chi connectivity index (χ4n) is 2.92. The first kappa shape index (κ1) is 17.9. The van der Waals surface area contributed by atoms with Crippen molar-refractivity contribution in [1.82, 2.24) is 9.88 Å². The molecule has 1 N–H and O–H groups in total. The Hall–Kier alpha value is -2.43. The third kappa shape index (κ3) is 4.10. The summed E-state index contributed by atoms with van der Waals surface area (Å²) in [5, 5.41) is 2.91. The molecular formula is C19H26N2O3. The monoisotopic (exact) mass is 330 g/mol. The largest absolute Gasteiger partial charge is 0.497 e. The summed E-state index contributed by atoms with van der Waals surface area (Å²) in [5.74, 6) is 1.41. The van der Waals surface area contributed by atoms with E-state index in [1.54, 1.807) is 7.11 Å². The van der Waals surface area contributed by atoms with Crippen LogP contribution in [-0.2, 0) is 0 Å². The van der Waals surface area contributed by atoms with Gasteiger partial charge in [0.1, 0.15) is 18.1 Å². The highest BCUT2D eigenvalue weighted by Gasteiger charge is 2.16. The predicted octanol–water partition coefficient (Wildman–Crippen LogP) is 3.50. The fraction of sp³-hybridized carbons (Fsp3) is 0.421. The lowest BCUT2D eigenvalue weighted by Crippen LogP contribution is -2.28. The van der Waals surface area contributed by atoms with Gasteiger partial charge in [0.25, 0.3) is 5.91 Å². The molecule has 24 heavy (non-hydrogen) atoms. The molecule has 0 bridgehead atoms. The summed E-state index contributed by atoms with van der Waals surface area (Å²) in [5.41, 5.74) is 2.82. The molecule has 0 aliphatic heterocycles. The van der Waals surface area contributed by atoms with Crippen molar-refractivity contribution >= 4 is 5.91 Å². The number of hydrogen-bond donors (Lipinski definition) is 1. The summed E-state index contributed by atoms with van der Waals surface area (Å²) in [4.78, 5) is 12.4. The van der Waals surface area contributed by atoms with Crippen molar-refractivity contribution in [3.05, 3.63) is 47.3 Å². The summed E-state index contributed by atoms with van der Waals surface area (Å²) in [7, 11) is 1.62. The maximum Gasteiger partial charge on any atom is 0.253 e. The summed E-state index contributed by atoms with van der Waals surface area (Å²) in [6, 6.07) is 9.68. The number of benzene rings is 1. The third-order valence-electron chi connectivity index (χ3n) is 3.94. The standard InChI is InChI=1S/C19H26N2O3/c1-13(2)21-14(3)11-18(15(21)4)19(22)20-9-10-24-17-8-6-7-16(12-17)23-5/h6-8,11-13H,9-10H2,1-5H3,(H,20,22). The van der Waals surface area contributed by atoms with Crippen LogP contribution < -0.4 is 14.8 Å². The van der Waals surface area contributed by atoms with E-state index in [2.05, 4.69) is 23.7 Å². The van der Waals surface area contributed by atoms with Gasteiger partial charge in [-0.3, -0.25) is 4.79 Å². The quantitative estimate of drug-likeness (QED) is 0.791. The SMILES string of the molecule is COc1cccc(OCCNC(=O)c2cc(C)n(C(C)C)c2C)c1. The number of hydrogen-bond acceptors (Lipinski definition) is 3. The zero-order chi connectivity index (χ0) is 17.7. The highest BCUT2D eigenvalue weighted by Crippen LogP contribution is 2.20. The smallest absolute Gasteiger partial charge is 0.253 e. The number of rotatable bonds is 7. The second kappa shape index (κ2) is 7.90. The minimum absolute atomic E-state index is 0.0655. The molecule has 0 aliphatic rings. The van der Waals surface area contributed by atoms with Crippen LogP contribution in [0.4, 0.5) is 0 Å². The molecule has 1 aromatic heterocycles. The van der Waals surface area contributed by atoms with E-state index in [0.717, 1.165) is 28.5 Å². The summed E-state index contributed by atoms with van der Waals surface area (Å²) in [6.45, 7) is 9.08. The number of carbonyl (C=O) groups is 1. The van der Waals surface area contributed by atoms with E-state index in [4.69, 9.17) is 9.47 Å². The van der Waals surface area contributed by atoms with Crippen LogP contribution in [0.25, 0.3) is 0 Å². The van der Waals surface area contributed by atoms with Gasteiger partial charge in [0.05, 0.1) is 19.2 Å². The van der Waals surface area contributed by atoms with Crippen LogP contribution in [0.15, 0.2) is 30.3 Å². The molecule has 1 amide bonds. The summed E-state index contributed by atoms with van der Waals surface area (Å²) in [6.07, 6.45) is 0. The average Bonchev–Trinajstić information content (AvgIpc) is 2.86. The second-order valence-electron chi connectivity index (χ2n) is 6.03. The molecule has 0 saturated carbocycles. The number of aryl methyl sites for hydroxylation is 1. The van der Waals surface area contributed by atoms with E-state index in [1.165, 1.54) is 0 Å². The Kier molecular flexibility index (Phi) is 5.90. The highest BCUT2D eigenvalue weighted by atomic mass is 16.5. The Morgan fingerprint density at radius 1 is 1.21 bits per heavy atom. The third-order valence-corrected chi connectivity index (χ3v) is 3.94. The number of nitrogens with zero attached hydrogens (tertiary/aromatic N) is 1. The van der Waals surface area contributed by atoms with Crippen molar-refractivity contribution in [1.29, 1.82) is 0 Å². The van der Waals surface area contributed by atoms with Crippen molar-refractivity contribution in [2.45, 2.75) is 33.7 Å². The molecule has 0 spiro atoms. The Bertz CT molecular complexity index is 705. The van der Waals surface area contributed by atoms with Gasteiger partial charge in [-0.1, -0.05) is 6.07 Å². The van der Waals surface area contributed by atoms with Crippen LogP contribution >= 0.6 is 0 Å². The molecule has 0 aliphatic carbocycles. The molecule has 5 heteroatoms. The van der Waals surface area contributed by atoms with Crippen LogP contribution in [0.3, 0.4) is 0 Å². The molecule has 2 rings (SSSR count). The average molecular weight is 330 g/mol. The van der Waals surface area contributed by atoms with E-state index >= 15 is 0 Å². The van der Waals surface area contributed by atoms with Crippen LogP contribution in [-0.4, -0.2) is 30.7 Å². The minimum Gasteiger partial charge on any atom is -0.497 e. The number of amides is 1. The van der Waals surface area contributed by atoms with Crippen molar-refractivity contribution in [3.63, 3.8) is 0 Å². The molecular weight excluding hydrogens is 304 g/mol. The van der Waals surface area contributed by atoms with Crippen molar-refractivity contribution in [2.75, 3.05) is 20.3 Å². The Labute approximate surface area is 143 Å². The molecule has 1 aromatic carbocycles. The molecule has 0 radical (unpaired) electrons. The molecule has 0 atom stereocenters. The normalized spacial score (nSPS) is 10.8. The van der Waals surface area contributed by atoms with Crippen LogP contribution in [0.1, 0.15) is 41.6 Å². The zero-order valence-electron chi connectivity index (χ0n) is 15.1. The topological polar surface area (TPSA) is 52.5 Å². The predicted molar refractivity (Wildman–Crippen MR) is 95.1 cm³/mol. The van der Waals surface area contributed by atoms with E-state index in [1.807, 2.05) is 44.2 Å². The van der Waals surface area contributed by atoms with Crippen LogP contribution in [0.2, 0.25) is 0 Å². The van der Waals surface area contributed by atoms with Gasteiger partial charge >= 0.3 is 0 Å². The van der Waals surface area contributed by atoms with E-state index in [0.29, 0.717) is 19.2 Å². The van der Waals surface area contributed by atoms with Crippen molar-refractivity contribution in [2.24, 2.45) is 0 Å². The zero-order valence-corrected chi connectivity index (χ0v) is 15.1. The highest BCUT2D eigenvalue weighted by molar-refractivity contribution is 5.95. The molecule has 2 aromatic rings. The van der Waals surface area contributed by atoms with Crippen LogP contribution in [0.5, 0.6) is 11.5 Å². The number of aromatic nitrogens is 1. The van der Waals surface area contributed by atoms with Gasteiger partial charge in [0.2, 0.25) is 0 Å². The van der Waals surface area contributed by atoms with E-state index in [-0.39, 0.29) is 5.91 Å². The van der Waals surface area contributed by atoms with Gasteiger partial charge in [0, 0.05) is 23.5 Å². The lowest BCUT2D eigenvalue weighted by Gasteiger charge is -2.13. The first-order valence-electron chi connectivity index (χ1n) is 8.17. The molecule has 5 nitrogen and oxygen atoms in total. The minimum atomic E-state index is -0.0655. The summed E-state index contributed by atoms with van der Waals surface area (Å²) >= 11 is 0. The maximum atomic E-state index is 12.4. The molecule has 1 heterocycles. The Balaban J connectivity index is 1.88. The lowest BCUT2D eigenvalue weighted by molar-refractivity contribution is 0.0946. The van der Waals surface area contributed by atoms with Gasteiger partial charge in [-0.05, 0) is 45.9 Å². The first-order chi connectivity index (χ1) is 11.4. The van der Waals surface area contributed by atoms with Gasteiger partial charge in [-0.15, -0.1) is 0 Å². The van der Waals surface area contributed by atoms with Gasteiger partial charge in [-0.2, -0.15) is 0 Å². The van der Waals surface area contributed by atoms with Crippen molar-refractivity contribution < 1.29 is 14.3 Å². The lowest BCUT2D eigenvalue weighted by atomic mass is 10.2. The van der Waals surface area contributed by atoms with Gasteiger partial charge in [-0.25, -0.2) is 0 Å². The Morgan fingerprint density at radius 3 is 2.54 bits per heavy atom. The van der Waals surface area contributed by atoms with Crippen molar-refractivity contribution in [3.8, 4) is 11.5 Å². The maximum absolute atomic E-state index is 12.4. The second-order valence-corrected chi connectivity index (χ2v) is 6.03. The summed E-state index contributed by atoms with van der Waals surface area (Å²) < 4.78 is 13.0. The fourth-order valence-corrected chi connectivity index (χ4v) is 2.92. The number of nitrogens with one attached hydrogen (secondary N) is 1. The van der Waals surface area contributed by atoms with E-state index in [9.17, 15) is 4.79 Å². The molecule has 0 saturated heterocycles. The molecule has 0 fully saturated rings. The Morgan fingerprint density at radius 2 is 1.92 bits per heavy atom. The van der Waals surface area contributed by atoms with Gasteiger partial charge < -0.3 is 19.4 Å². The number of carbonyl (C=O) groups excluding carboxylic acids is 1. The van der Waals surface area contributed by atoms with Crippen LogP contribution in [0, 0.1) is 13.8 Å². The molecule has 0 unspecified atom stereocenters. The number of ether oxygens (including phenoxy) is 2. The molecule has 130 valence electrons. The van der Waals surface area contributed by atoms with E-state index < -0.39 is 0 Å². The number of methoxy groups -OCH3 is 1.